The van der Waals surface area contributed by atoms with Gasteiger partial charge in [0.25, 0.3) is 0 Å². The van der Waals surface area contributed by atoms with E-state index in [2.05, 4.69) is 40.4 Å². The molecule has 5 nitrogen and oxygen atoms in total. The second kappa shape index (κ2) is 6.83. The Balaban J connectivity index is 1.56. The number of nitrogens with one attached hydrogen (secondary N) is 2. The Bertz CT molecular complexity index is 596. The van der Waals surface area contributed by atoms with Crippen molar-refractivity contribution >= 4 is 16.7 Å². The Kier molecular flexibility index (Phi) is 4.62. The van der Waals surface area contributed by atoms with Crippen LogP contribution >= 0.6 is 0 Å². The minimum absolute atomic E-state index is 0.901. The fourth-order valence-electron chi connectivity index (χ4n) is 2.77. The molecule has 1 aliphatic heterocycles. The maximum Gasteiger partial charge on any atom is 0.137 e. The molecular formula is C16H23N4O+. The average Bonchev–Trinajstić information content (AvgIpc) is 2.53. The van der Waals surface area contributed by atoms with Crippen LogP contribution in [0.2, 0.25) is 0 Å². The van der Waals surface area contributed by atoms with E-state index in [1.165, 1.54) is 12.1 Å². The highest BCUT2D eigenvalue weighted by atomic mass is 16.5. The summed E-state index contributed by atoms with van der Waals surface area (Å²) in [5.41, 5.74) is 2.23. The Morgan fingerprint density at radius 3 is 2.95 bits per heavy atom. The first-order valence-electron chi connectivity index (χ1n) is 7.69. The molecule has 1 aliphatic rings. The van der Waals surface area contributed by atoms with Crippen LogP contribution in [-0.2, 0) is 4.74 Å². The van der Waals surface area contributed by atoms with Gasteiger partial charge in [0.05, 0.1) is 25.3 Å². The van der Waals surface area contributed by atoms with Gasteiger partial charge in [0.2, 0.25) is 0 Å². The molecule has 0 spiro atoms. The summed E-state index contributed by atoms with van der Waals surface area (Å²) >= 11 is 0. The number of anilines is 1. The van der Waals surface area contributed by atoms with Crippen LogP contribution in [0.15, 0.2) is 24.5 Å². The minimum atomic E-state index is 0.901. The van der Waals surface area contributed by atoms with E-state index in [1.807, 2.05) is 0 Å². The molecule has 2 N–H and O–H groups in total. The summed E-state index contributed by atoms with van der Waals surface area (Å²) in [7, 11) is 0. The number of hydrogen-bond donors (Lipinski definition) is 2. The molecule has 112 valence electrons. The minimum Gasteiger partial charge on any atom is -0.370 e. The molecule has 0 aliphatic carbocycles. The Morgan fingerprint density at radius 1 is 1.24 bits per heavy atom. The largest absolute Gasteiger partial charge is 0.370 e. The number of quaternary nitrogens is 1. The lowest BCUT2D eigenvalue weighted by atomic mass is 10.1. The van der Waals surface area contributed by atoms with E-state index in [9.17, 15) is 0 Å². The van der Waals surface area contributed by atoms with E-state index in [0.29, 0.717) is 0 Å². The Hall–Kier alpha value is -1.72. The summed E-state index contributed by atoms with van der Waals surface area (Å²) in [5.74, 6) is 0.945. The first kappa shape index (κ1) is 14.2. The van der Waals surface area contributed by atoms with Crippen molar-refractivity contribution in [2.75, 3.05) is 44.7 Å². The van der Waals surface area contributed by atoms with Gasteiger partial charge in [-0.05, 0) is 19.1 Å². The number of aromatic nitrogens is 2. The van der Waals surface area contributed by atoms with Crippen LogP contribution in [0.1, 0.15) is 12.0 Å². The first-order chi connectivity index (χ1) is 10.3. The third-order valence-corrected chi connectivity index (χ3v) is 3.99. The van der Waals surface area contributed by atoms with E-state index in [-0.39, 0.29) is 0 Å². The molecule has 5 heteroatoms. The van der Waals surface area contributed by atoms with E-state index < -0.39 is 0 Å². The smallest absolute Gasteiger partial charge is 0.137 e. The zero-order valence-electron chi connectivity index (χ0n) is 12.6. The fourth-order valence-corrected chi connectivity index (χ4v) is 2.77. The van der Waals surface area contributed by atoms with Crippen molar-refractivity contribution in [3.05, 3.63) is 30.1 Å². The second-order valence-corrected chi connectivity index (χ2v) is 5.64. The van der Waals surface area contributed by atoms with Gasteiger partial charge in [-0.15, -0.1) is 0 Å². The lowest BCUT2D eigenvalue weighted by Crippen LogP contribution is -3.14. The standard InChI is InChI=1S/C16H22N4O/c1-13-3-4-15-14(11-13)16(19-12-18-15)17-5-2-6-20-7-9-21-10-8-20/h3-4,11-12H,2,5-10H2,1H3,(H,17,18,19)/p+1. The van der Waals surface area contributed by atoms with Crippen molar-refractivity contribution < 1.29 is 9.64 Å². The van der Waals surface area contributed by atoms with Crippen molar-refractivity contribution in [2.45, 2.75) is 13.3 Å². The molecule has 0 unspecified atom stereocenters. The normalized spacial score (nSPS) is 16.2. The summed E-state index contributed by atoms with van der Waals surface area (Å²) in [6.07, 6.45) is 2.78. The van der Waals surface area contributed by atoms with Gasteiger partial charge in [-0.1, -0.05) is 11.6 Å². The summed E-state index contributed by atoms with van der Waals surface area (Å²) in [5, 5.41) is 4.57. The zero-order chi connectivity index (χ0) is 14.5. The molecule has 1 aromatic heterocycles. The van der Waals surface area contributed by atoms with Crippen molar-refractivity contribution in [1.29, 1.82) is 0 Å². The first-order valence-corrected chi connectivity index (χ1v) is 7.69. The van der Waals surface area contributed by atoms with Crippen molar-refractivity contribution in [1.82, 2.24) is 9.97 Å². The van der Waals surface area contributed by atoms with Gasteiger partial charge in [-0.25, -0.2) is 9.97 Å². The number of rotatable bonds is 5. The molecule has 1 saturated heterocycles. The molecule has 0 amide bonds. The molecule has 1 fully saturated rings. The molecule has 0 bridgehead atoms. The highest BCUT2D eigenvalue weighted by Crippen LogP contribution is 2.20. The van der Waals surface area contributed by atoms with Crippen LogP contribution in [0, 0.1) is 6.92 Å². The van der Waals surface area contributed by atoms with Gasteiger partial charge in [0, 0.05) is 18.4 Å². The summed E-state index contributed by atoms with van der Waals surface area (Å²) in [4.78, 5) is 10.3. The van der Waals surface area contributed by atoms with Gasteiger partial charge in [0.1, 0.15) is 25.2 Å². The third kappa shape index (κ3) is 3.68. The van der Waals surface area contributed by atoms with Crippen LogP contribution < -0.4 is 10.2 Å². The van der Waals surface area contributed by atoms with Crippen LogP contribution in [0.25, 0.3) is 10.9 Å². The summed E-state index contributed by atoms with van der Waals surface area (Å²) < 4.78 is 5.38. The number of hydrogen-bond acceptors (Lipinski definition) is 4. The molecule has 0 radical (unpaired) electrons. The third-order valence-electron chi connectivity index (χ3n) is 3.99. The fraction of sp³-hybridized carbons (Fsp3) is 0.500. The number of benzene rings is 1. The lowest BCUT2D eigenvalue weighted by Gasteiger charge is -2.23. The summed E-state index contributed by atoms with van der Waals surface area (Å²) in [6, 6.07) is 6.28. The number of fused-ring (bicyclic) bond motifs is 1. The highest BCUT2D eigenvalue weighted by molar-refractivity contribution is 5.89. The van der Waals surface area contributed by atoms with Gasteiger partial charge in [-0.2, -0.15) is 0 Å². The average molecular weight is 287 g/mol. The predicted molar refractivity (Wildman–Crippen MR) is 83.8 cm³/mol. The zero-order valence-corrected chi connectivity index (χ0v) is 12.6. The van der Waals surface area contributed by atoms with Crippen LogP contribution in [0.3, 0.4) is 0 Å². The lowest BCUT2D eigenvalue weighted by molar-refractivity contribution is -0.908. The topological polar surface area (TPSA) is 51.5 Å². The molecule has 1 aromatic carbocycles. The molecule has 0 saturated carbocycles. The van der Waals surface area contributed by atoms with Crippen LogP contribution in [-0.4, -0.2) is 49.4 Å². The van der Waals surface area contributed by atoms with Crippen molar-refractivity contribution in [2.24, 2.45) is 0 Å². The van der Waals surface area contributed by atoms with Crippen LogP contribution in [0.4, 0.5) is 5.82 Å². The van der Waals surface area contributed by atoms with E-state index in [1.54, 1.807) is 11.2 Å². The molecule has 2 heterocycles. The van der Waals surface area contributed by atoms with E-state index in [0.717, 1.165) is 56.0 Å². The molecular weight excluding hydrogens is 264 g/mol. The quantitative estimate of drug-likeness (QED) is 0.793. The number of aryl methyl sites for hydroxylation is 1. The Labute approximate surface area is 125 Å². The van der Waals surface area contributed by atoms with E-state index in [4.69, 9.17) is 4.74 Å². The van der Waals surface area contributed by atoms with Gasteiger partial charge >= 0.3 is 0 Å². The molecule has 2 aromatic rings. The predicted octanol–water partition coefficient (Wildman–Crippen LogP) is 0.655. The highest BCUT2D eigenvalue weighted by Gasteiger charge is 2.12. The maximum atomic E-state index is 5.38. The molecule has 21 heavy (non-hydrogen) atoms. The van der Waals surface area contributed by atoms with Crippen molar-refractivity contribution in [3.63, 3.8) is 0 Å². The second-order valence-electron chi connectivity index (χ2n) is 5.64. The molecule has 0 atom stereocenters. The van der Waals surface area contributed by atoms with Gasteiger partial charge in [-0.3, -0.25) is 0 Å². The van der Waals surface area contributed by atoms with E-state index >= 15 is 0 Å². The molecule has 3 rings (SSSR count). The number of morpholine rings is 1. The number of nitrogens with zero attached hydrogens (tertiary/aromatic N) is 2. The van der Waals surface area contributed by atoms with Gasteiger partial charge < -0.3 is 15.0 Å². The monoisotopic (exact) mass is 287 g/mol. The SMILES string of the molecule is Cc1ccc2ncnc(NCCC[NH+]3CCOCC3)c2c1. The van der Waals surface area contributed by atoms with Crippen LogP contribution in [0.5, 0.6) is 0 Å². The maximum absolute atomic E-state index is 5.38. The van der Waals surface area contributed by atoms with Crippen molar-refractivity contribution in [3.8, 4) is 0 Å². The Morgan fingerprint density at radius 2 is 2.10 bits per heavy atom. The number of ether oxygens (including phenoxy) is 1. The summed E-state index contributed by atoms with van der Waals surface area (Å²) in [6.45, 7) is 8.31. The van der Waals surface area contributed by atoms with Gasteiger partial charge in [0.15, 0.2) is 0 Å².